The molecule has 1 atom stereocenters. The summed E-state index contributed by atoms with van der Waals surface area (Å²) in [5.74, 6) is -0.376. The highest BCUT2D eigenvalue weighted by atomic mass is 35.5. The van der Waals surface area contributed by atoms with Crippen molar-refractivity contribution in [3.8, 4) is 0 Å². The average Bonchev–Trinajstić information content (AvgIpc) is 2.60. The van der Waals surface area contributed by atoms with E-state index in [1.165, 1.54) is 32.3 Å². The molecule has 0 aliphatic rings. The number of hydrogen-bond acceptors (Lipinski definition) is 3. The van der Waals surface area contributed by atoms with Crippen LogP contribution in [0.4, 0.5) is 0 Å². The summed E-state index contributed by atoms with van der Waals surface area (Å²) in [6, 6.07) is 11.2. The van der Waals surface area contributed by atoms with Gasteiger partial charge in [0, 0.05) is 24.7 Å². The van der Waals surface area contributed by atoms with Crippen LogP contribution in [0, 0.1) is 0 Å². The second-order valence-corrected chi connectivity index (χ2v) is 8.88. The van der Waals surface area contributed by atoms with Gasteiger partial charge in [-0.3, -0.25) is 4.79 Å². The summed E-state index contributed by atoms with van der Waals surface area (Å²) >= 11 is 11.9. The van der Waals surface area contributed by atoms with Gasteiger partial charge in [0.2, 0.25) is 10.0 Å². The molecule has 0 bridgehead atoms. The zero-order valence-corrected chi connectivity index (χ0v) is 17.0. The minimum Gasteiger partial charge on any atom is -0.345 e. The lowest BCUT2D eigenvalue weighted by molar-refractivity contribution is 0.0935. The molecule has 2 aromatic carbocycles. The first-order valence-corrected chi connectivity index (χ1v) is 10.1. The van der Waals surface area contributed by atoms with Crippen molar-refractivity contribution >= 4 is 39.1 Å². The highest BCUT2D eigenvalue weighted by Crippen LogP contribution is 2.25. The zero-order chi connectivity index (χ0) is 19.5. The molecule has 0 heterocycles. The normalized spacial score (nSPS) is 12.8. The average molecular weight is 415 g/mol. The zero-order valence-electron chi connectivity index (χ0n) is 14.7. The molecule has 0 aromatic heterocycles. The topological polar surface area (TPSA) is 66.5 Å². The number of rotatable bonds is 6. The molecule has 0 saturated carbocycles. The van der Waals surface area contributed by atoms with Crippen molar-refractivity contribution in [3.63, 3.8) is 0 Å². The third-order valence-electron chi connectivity index (χ3n) is 3.94. The van der Waals surface area contributed by atoms with E-state index in [-0.39, 0.29) is 27.4 Å². The number of sulfonamides is 1. The fourth-order valence-electron chi connectivity index (χ4n) is 2.40. The number of carbonyl (C=O) groups is 1. The van der Waals surface area contributed by atoms with Gasteiger partial charge in [-0.05, 0) is 42.3 Å². The van der Waals surface area contributed by atoms with E-state index >= 15 is 0 Å². The van der Waals surface area contributed by atoms with Crippen LogP contribution in [-0.4, -0.2) is 32.7 Å². The van der Waals surface area contributed by atoms with Crippen LogP contribution in [0.2, 0.25) is 10.0 Å². The fourth-order valence-corrected chi connectivity index (χ4v) is 3.92. The van der Waals surface area contributed by atoms with Gasteiger partial charge in [0.1, 0.15) is 4.90 Å². The molecule has 8 heteroatoms. The minimum atomic E-state index is -3.75. The van der Waals surface area contributed by atoms with Gasteiger partial charge < -0.3 is 5.32 Å². The number of benzene rings is 2. The number of halogens is 2. The van der Waals surface area contributed by atoms with Crippen molar-refractivity contribution in [3.05, 3.63) is 63.6 Å². The Morgan fingerprint density at radius 1 is 1.12 bits per heavy atom. The summed E-state index contributed by atoms with van der Waals surface area (Å²) < 4.78 is 25.8. The fraction of sp³-hybridized carbons (Fsp3) is 0.278. The second kappa shape index (κ2) is 8.39. The van der Waals surface area contributed by atoms with Crippen LogP contribution >= 0.6 is 23.2 Å². The van der Waals surface area contributed by atoms with Crippen molar-refractivity contribution in [2.75, 3.05) is 14.1 Å². The summed E-state index contributed by atoms with van der Waals surface area (Å²) in [6.45, 7) is 1.95. The Kier molecular flexibility index (Phi) is 6.69. The van der Waals surface area contributed by atoms with Gasteiger partial charge in [-0.1, -0.05) is 42.3 Å². The van der Waals surface area contributed by atoms with E-state index in [1.807, 2.05) is 19.1 Å². The van der Waals surface area contributed by atoms with E-state index < -0.39 is 10.0 Å². The third kappa shape index (κ3) is 4.57. The molecule has 0 aliphatic heterocycles. The Balaban J connectivity index is 2.30. The van der Waals surface area contributed by atoms with E-state index in [1.54, 1.807) is 12.1 Å². The number of hydrogen-bond donors (Lipinski definition) is 1. The predicted molar refractivity (Wildman–Crippen MR) is 104 cm³/mol. The van der Waals surface area contributed by atoms with Gasteiger partial charge in [-0.2, -0.15) is 0 Å². The van der Waals surface area contributed by atoms with Crippen LogP contribution in [0.3, 0.4) is 0 Å². The predicted octanol–water partition coefficient (Wildman–Crippen LogP) is 4.12. The van der Waals surface area contributed by atoms with Crippen molar-refractivity contribution in [2.45, 2.75) is 24.3 Å². The molecule has 0 spiro atoms. The van der Waals surface area contributed by atoms with Crippen LogP contribution in [-0.2, 0) is 10.0 Å². The molecule has 2 rings (SSSR count). The van der Waals surface area contributed by atoms with Gasteiger partial charge in [0.25, 0.3) is 5.91 Å². The number of amides is 1. The summed E-state index contributed by atoms with van der Waals surface area (Å²) in [6.07, 6.45) is 0.670. The first kappa shape index (κ1) is 20.7. The van der Waals surface area contributed by atoms with Gasteiger partial charge in [0.05, 0.1) is 11.1 Å². The molecule has 0 radical (unpaired) electrons. The van der Waals surface area contributed by atoms with E-state index in [0.717, 1.165) is 9.87 Å². The van der Waals surface area contributed by atoms with E-state index in [4.69, 9.17) is 23.2 Å². The summed E-state index contributed by atoms with van der Waals surface area (Å²) in [5, 5.41) is 3.60. The van der Waals surface area contributed by atoms with E-state index in [9.17, 15) is 13.2 Å². The van der Waals surface area contributed by atoms with Crippen molar-refractivity contribution < 1.29 is 13.2 Å². The first-order chi connectivity index (χ1) is 12.2. The second-order valence-electron chi connectivity index (χ2n) is 5.92. The molecule has 140 valence electrons. The Morgan fingerprint density at radius 2 is 1.73 bits per heavy atom. The lowest BCUT2D eigenvalue weighted by Crippen LogP contribution is -2.29. The van der Waals surface area contributed by atoms with Crippen LogP contribution in [0.25, 0.3) is 0 Å². The van der Waals surface area contributed by atoms with Crippen LogP contribution < -0.4 is 5.32 Å². The smallest absolute Gasteiger partial charge is 0.251 e. The highest BCUT2D eigenvalue weighted by molar-refractivity contribution is 7.89. The maximum Gasteiger partial charge on any atom is 0.251 e. The SMILES string of the molecule is CCC(NC(=O)c1ccc(Cl)c(S(=O)(=O)N(C)C)c1)c1ccc(Cl)cc1. The summed E-state index contributed by atoms with van der Waals surface area (Å²) in [5.41, 5.74) is 1.14. The Morgan fingerprint density at radius 3 is 2.27 bits per heavy atom. The maximum absolute atomic E-state index is 12.6. The molecule has 1 amide bonds. The molecule has 1 N–H and O–H groups in total. The monoisotopic (exact) mass is 414 g/mol. The standard InChI is InChI=1S/C18H20Cl2N2O3S/c1-4-16(12-5-8-14(19)9-6-12)21-18(23)13-7-10-15(20)17(11-13)26(24,25)22(2)3/h5-11,16H,4H2,1-3H3,(H,21,23). The molecule has 0 fully saturated rings. The highest BCUT2D eigenvalue weighted by Gasteiger charge is 2.23. The summed E-state index contributed by atoms with van der Waals surface area (Å²) in [7, 11) is -0.930. The van der Waals surface area contributed by atoms with Crippen molar-refractivity contribution in [1.29, 1.82) is 0 Å². The molecule has 26 heavy (non-hydrogen) atoms. The molecule has 0 saturated heterocycles. The van der Waals surface area contributed by atoms with Gasteiger partial charge in [0.15, 0.2) is 0 Å². The van der Waals surface area contributed by atoms with Crippen molar-refractivity contribution in [1.82, 2.24) is 9.62 Å². The Hall–Kier alpha value is -1.60. The van der Waals surface area contributed by atoms with Gasteiger partial charge in [-0.15, -0.1) is 0 Å². The number of carbonyl (C=O) groups excluding carboxylic acids is 1. The molecular weight excluding hydrogens is 395 g/mol. The van der Waals surface area contributed by atoms with Crippen molar-refractivity contribution in [2.24, 2.45) is 0 Å². The lowest BCUT2D eigenvalue weighted by atomic mass is 10.0. The molecule has 0 aliphatic carbocycles. The first-order valence-electron chi connectivity index (χ1n) is 7.95. The van der Waals surface area contributed by atoms with Gasteiger partial charge in [-0.25, -0.2) is 12.7 Å². The maximum atomic E-state index is 12.6. The van der Waals surface area contributed by atoms with Gasteiger partial charge >= 0.3 is 0 Å². The quantitative estimate of drug-likeness (QED) is 0.772. The Labute approximate surface area is 164 Å². The minimum absolute atomic E-state index is 0.0694. The lowest BCUT2D eigenvalue weighted by Gasteiger charge is -2.18. The molecular formula is C18H20Cl2N2O3S. The van der Waals surface area contributed by atoms with Crippen LogP contribution in [0.1, 0.15) is 35.3 Å². The molecule has 2 aromatic rings. The van der Waals surface area contributed by atoms with E-state index in [2.05, 4.69) is 5.32 Å². The van der Waals surface area contributed by atoms with Crippen LogP contribution in [0.15, 0.2) is 47.4 Å². The molecule has 1 unspecified atom stereocenters. The summed E-state index contributed by atoms with van der Waals surface area (Å²) in [4.78, 5) is 12.5. The third-order valence-corrected chi connectivity index (χ3v) is 6.49. The Bertz CT molecular complexity index is 897. The number of nitrogens with zero attached hydrogens (tertiary/aromatic N) is 1. The number of nitrogens with one attached hydrogen (secondary N) is 1. The largest absolute Gasteiger partial charge is 0.345 e. The van der Waals surface area contributed by atoms with Crippen LogP contribution in [0.5, 0.6) is 0 Å². The van der Waals surface area contributed by atoms with E-state index in [0.29, 0.717) is 11.4 Å². The molecule has 5 nitrogen and oxygen atoms in total.